The van der Waals surface area contributed by atoms with Crippen molar-refractivity contribution in [2.24, 2.45) is 5.92 Å². The van der Waals surface area contributed by atoms with Crippen molar-refractivity contribution in [3.63, 3.8) is 0 Å². The average molecular weight is 190 g/mol. The topological polar surface area (TPSA) is 28.7 Å². The normalized spacial score (nSPS) is 22.8. The Balaban J connectivity index is 2.18. The molecule has 2 rings (SSSR count). The molecule has 0 unspecified atom stereocenters. The molecule has 1 aliphatic rings. The molecule has 0 saturated heterocycles. The lowest BCUT2D eigenvalue weighted by Crippen LogP contribution is -2.28. The zero-order valence-electron chi connectivity index (χ0n) is 6.86. The summed E-state index contributed by atoms with van der Waals surface area (Å²) in [4.78, 5) is 0. The number of nitrogens with one attached hydrogen (secondary N) is 1. The first-order valence-electron chi connectivity index (χ1n) is 4.15. The van der Waals surface area contributed by atoms with E-state index in [-0.39, 0.29) is 12.8 Å². The Bertz CT molecular complexity index is 303. The third-order valence-electron chi connectivity index (χ3n) is 2.48. The molecule has 0 aromatic carbocycles. The van der Waals surface area contributed by atoms with Gasteiger partial charge >= 0.3 is 6.18 Å². The van der Waals surface area contributed by atoms with Crippen LogP contribution >= 0.6 is 0 Å². The maximum Gasteiger partial charge on any atom is 0.392 e. The minimum absolute atomic E-state index is 0.0544. The van der Waals surface area contributed by atoms with Gasteiger partial charge in [0.1, 0.15) is 0 Å². The quantitative estimate of drug-likeness (QED) is 0.666. The number of rotatable bonds is 0. The van der Waals surface area contributed by atoms with Crippen LogP contribution in [0.15, 0.2) is 6.20 Å². The average Bonchev–Trinajstić information content (AvgIpc) is 2.47. The summed E-state index contributed by atoms with van der Waals surface area (Å²) in [6.07, 6.45) is -1.73. The summed E-state index contributed by atoms with van der Waals surface area (Å²) in [6.45, 7) is 0. The fourth-order valence-electron chi connectivity index (χ4n) is 1.69. The number of alkyl halides is 3. The number of aromatic nitrogens is 2. The first-order chi connectivity index (χ1) is 6.07. The van der Waals surface area contributed by atoms with E-state index in [0.717, 1.165) is 5.56 Å². The van der Waals surface area contributed by atoms with Crippen molar-refractivity contribution in [1.82, 2.24) is 10.2 Å². The van der Waals surface area contributed by atoms with E-state index in [0.29, 0.717) is 12.1 Å². The summed E-state index contributed by atoms with van der Waals surface area (Å²) >= 11 is 0. The van der Waals surface area contributed by atoms with Crippen molar-refractivity contribution in [3.05, 3.63) is 17.5 Å². The molecule has 1 N–H and O–H groups in total. The Labute approximate surface area is 73.1 Å². The van der Waals surface area contributed by atoms with E-state index in [4.69, 9.17) is 0 Å². The van der Waals surface area contributed by atoms with Gasteiger partial charge in [-0.2, -0.15) is 18.3 Å². The lowest BCUT2D eigenvalue weighted by atomic mass is 9.88. The van der Waals surface area contributed by atoms with Crippen molar-refractivity contribution < 1.29 is 13.2 Å². The van der Waals surface area contributed by atoms with Crippen molar-refractivity contribution in [2.45, 2.75) is 25.4 Å². The number of H-pyrrole nitrogens is 1. The van der Waals surface area contributed by atoms with Crippen molar-refractivity contribution in [3.8, 4) is 0 Å². The molecule has 72 valence electrons. The molecule has 1 atom stereocenters. The molecule has 0 amide bonds. The SMILES string of the molecule is FC(F)(F)[C@@H]1CCc2cn[nH]c2C1. The molecule has 2 nitrogen and oxygen atoms in total. The maximum absolute atomic E-state index is 12.3. The summed E-state index contributed by atoms with van der Waals surface area (Å²) in [7, 11) is 0. The highest BCUT2D eigenvalue weighted by Gasteiger charge is 2.41. The monoisotopic (exact) mass is 190 g/mol. The highest BCUT2D eigenvalue weighted by atomic mass is 19.4. The first-order valence-corrected chi connectivity index (χ1v) is 4.15. The summed E-state index contributed by atoms with van der Waals surface area (Å²) in [5.41, 5.74) is 1.58. The van der Waals surface area contributed by atoms with Crippen LogP contribution in [0.4, 0.5) is 13.2 Å². The minimum Gasteiger partial charge on any atom is -0.282 e. The third-order valence-corrected chi connectivity index (χ3v) is 2.48. The van der Waals surface area contributed by atoms with E-state index in [1.807, 2.05) is 0 Å². The van der Waals surface area contributed by atoms with Crippen LogP contribution in [-0.4, -0.2) is 16.4 Å². The molecule has 1 aliphatic carbocycles. The third kappa shape index (κ3) is 1.55. The molecule has 1 heterocycles. The van der Waals surface area contributed by atoms with Gasteiger partial charge in [0.15, 0.2) is 0 Å². The lowest BCUT2D eigenvalue weighted by molar-refractivity contribution is -0.177. The van der Waals surface area contributed by atoms with E-state index >= 15 is 0 Å². The number of aromatic amines is 1. The standard InChI is InChI=1S/C8H9F3N2/c9-8(10,11)6-2-1-5-4-12-13-7(5)3-6/h4,6H,1-3H2,(H,12,13)/t6-/m1/s1. The van der Waals surface area contributed by atoms with E-state index in [1.165, 1.54) is 0 Å². The second-order valence-electron chi connectivity index (χ2n) is 3.36. The molecule has 0 radical (unpaired) electrons. The fourth-order valence-corrected chi connectivity index (χ4v) is 1.69. The molecular weight excluding hydrogens is 181 g/mol. The van der Waals surface area contributed by atoms with Gasteiger partial charge in [0, 0.05) is 12.1 Å². The number of hydrogen-bond donors (Lipinski definition) is 1. The van der Waals surface area contributed by atoms with E-state index in [2.05, 4.69) is 10.2 Å². The van der Waals surface area contributed by atoms with Crippen LogP contribution in [0.25, 0.3) is 0 Å². The zero-order valence-corrected chi connectivity index (χ0v) is 6.86. The summed E-state index contributed by atoms with van der Waals surface area (Å²) in [5.74, 6) is -1.19. The maximum atomic E-state index is 12.3. The second kappa shape index (κ2) is 2.75. The zero-order chi connectivity index (χ0) is 9.47. The van der Waals surface area contributed by atoms with Gasteiger partial charge in [0.2, 0.25) is 0 Å². The van der Waals surface area contributed by atoms with E-state index in [9.17, 15) is 13.2 Å². The van der Waals surface area contributed by atoms with Gasteiger partial charge in [-0.1, -0.05) is 0 Å². The largest absolute Gasteiger partial charge is 0.392 e. The van der Waals surface area contributed by atoms with Gasteiger partial charge in [0.25, 0.3) is 0 Å². The van der Waals surface area contributed by atoms with Crippen molar-refractivity contribution in [2.75, 3.05) is 0 Å². The van der Waals surface area contributed by atoms with Crippen LogP contribution in [0.3, 0.4) is 0 Å². The highest BCUT2D eigenvalue weighted by Crippen LogP contribution is 2.35. The first kappa shape index (κ1) is 8.59. The van der Waals surface area contributed by atoms with Crippen LogP contribution in [0.5, 0.6) is 0 Å². The van der Waals surface area contributed by atoms with Crippen LogP contribution in [0.1, 0.15) is 17.7 Å². The molecule has 0 saturated carbocycles. The van der Waals surface area contributed by atoms with E-state index < -0.39 is 12.1 Å². The van der Waals surface area contributed by atoms with Crippen LogP contribution in [0, 0.1) is 5.92 Å². The van der Waals surface area contributed by atoms with Gasteiger partial charge < -0.3 is 0 Å². The number of aryl methyl sites for hydroxylation is 1. The number of nitrogens with zero attached hydrogens (tertiary/aromatic N) is 1. The van der Waals surface area contributed by atoms with Gasteiger partial charge in [-0.25, -0.2) is 0 Å². The minimum atomic E-state index is -4.07. The molecule has 1 aromatic heterocycles. The number of fused-ring (bicyclic) bond motifs is 1. The Hall–Kier alpha value is -1.00. The van der Waals surface area contributed by atoms with Crippen molar-refractivity contribution >= 4 is 0 Å². The Morgan fingerprint density at radius 1 is 1.46 bits per heavy atom. The predicted octanol–water partition coefficient (Wildman–Crippen LogP) is 2.08. The predicted molar refractivity (Wildman–Crippen MR) is 40.2 cm³/mol. The second-order valence-corrected chi connectivity index (χ2v) is 3.36. The van der Waals surface area contributed by atoms with E-state index in [1.54, 1.807) is 6.20 Å². The number of halogens is 3. The molecule has 0 bridgehead atoms. The van der Waals surface area contributed by atoms with Gasteiger partial charge in [-0.3, -0.25) is 5.10 Å². The summed E-state index contributed by atoms with van der Waals surface area (Å²) in [6, 6.07) is 0. The Morgan fingerprint density at radius 3 is 2.92 bits per heavy atom. The smallest absolute Gasteiger partial charge is 0.282 e. The summed E-state index contributed by atoms with van der Waals surface area (Å²) < 4.78 is 36.9. The molecule has 1 aromatic rings. The van der Waals surface area contributed by atoms with Gasteiger partial charge in [0.05, 0.1) is 12.1 Å². The number of hydrogen-bond acceptors (Lipinski definition) is 1. The Kier molecular flexibility index (Phi) is 1.82. The fraction of sp³-hybridized carbons (Fsp3) is 0.625. The summed E-state index contributed by atoms with van der Waals surface area (Å²) in [5, 5.41) is 6.34. The van der Waals surface area contributed by atoms with Gasteiger partial charge in [-0.05, 0) is 18.4 Å². The van der Waals surface area contributed by atoms with Crippen LogP contribution in [0.2, 0.25) is 0 Å². The van der Waals surface area contributed by atoms with Crippen molar-refractivity contribution in [1.29, 1.82) is 0 Å². The molecule has 5 heteroatoms. The molecular formula is C8H9F3N2. The molecule has 0 aliphatic heterocycles. The van der Waals surface area contributed by atoms with Crippen LogP contribution in [-0.2, 0) is 12.8 Å². The Morgan fingerprint density at radius 2 is 2.23 bits per heavy atom. The van der Waals surface area contributed by atoms with Crippen LogP contribution < -0.4 is 0 Å². The molecule has 13 heavy (non-hydrogen) atoms. The lowest BCUT2D eigenvalue weighted by Gasteiger charge is -2.23. The molecule has 0 spiro atoms. The molecule has 0 fully saturated rings. The van der Waals surface area contributed by atoms with Gasteiger partial charge in [-0.15, -0.1) is 0 Å². The highest BCUT2D eigenvalue weighted by molar-refractivity contribution is 5.20.